The first kappa shape index (κ1) is 20.4. The number of ether oxygens (including phenoxy) is 3. The molecule has 11 nitrogen and oxygen atoms in total. The molecule has 0 radical (unpaired) electrons. The molecule has 23 heavy (non-hydrogen) atoms. The van der Waals surface area contributed by atoms with Crippen LogP contribution in [0.25, 0.3) is 0 Å². The minimum Gasteiger partial charge on any atom is -0.454 e. The molecule has 132 valence electrons. The molecule has 0 rings (SSSR count). The van der Waals surface area contributed by atoms with E-state index in [1.165, 1.54) is 0 Å². The molecule has 0 atom stereocenters. The van der Waals surface area contributed by atoms with E-state index in [-0.39, 0.29) is 13.2 Å². The molecular formula is C12H22N4O7. The number of esters is 1. The van der Waals surface area contributed by atoms with Crippen molar-refractivity contribution in [1.29, 1.82) is 0 Å². The molecule has 0 unspecified atom stereocenters. The zero-order valence-corrected chi connectivity index (χ0v) is 13.3. The second-order valence-electron chi connectivity index (χ2n) is 5.15. The minimum absolute atomic E-state index is 0.0277. The van der Waals surface area contributed by atoms with Crippen molar-refractivity contribution in [3.8, 4) is 0 Å². The molecule has 3 amide bonds. The summed E-state index contributed by atoms with van der Waals surface area (Å²) in [6.45, 7) is 4.01. The van der Waals surface area contributed by atoms with Crippen LogP contribution in [0.2, 0.25) is 0 Å². The van der Waals surface area contributed by atoms with Gasteiger partial charge in [0.15, 0.2) is 6.61 Å². The number of rotatable bonds is 7. The zero-order valence-electron chi connectivity index (χ0n) is 13.3. The van der Waals surface area contributed by atoms with Gasteiger partial charge >= 0.3 is 18.2 Å². The van der Waals surface area contributed by atoms with E-state index in [4.69, 9.17) is 10.6 Å². The van der Waals surface area contributed by atoms with E-state index in [0.717, 1.165) is 0 Å². The van der Waals surface area contributed by atoms with Crippen LogP contribution in [0.5, 0.6) is 0 Å². The molecule has 0 aliphatic carbocycles. The van der Waals surface area contributed by atoms with Gasteiger partial charge in [0.25, 0.3) is 5.91 Å². The molecule has 0 aliphatic rings. The largest absolute Gasteiger partial charge is 0.454 e. The van der Waals surface area contributed by atoms with Gasteiger partial charge in [-0.15, -0.1) is 0 Å². The van der Waals surface area contributed by atoms with Crippen molar-refractivity contribution < 1.29 is 33.4 Å². The Morgan fingerprint density at radius 1 is 1.00 bits per heavy atom. The SMILES string of the molecule is CC(C)(C)OC(=O)NCC(=O)OCC(=O)NCCOC(=O)NN. The lowest BCUT2D eigenvalue weighted by Gasteiger charge is -2.19. The van der Waals surface area contributed by atoms with E-state index in [1.807, 2.05) is 0 Å². The lowest BCUT2D eigenvalue weighted by Crippen LogP contribution is -2.38. The molecular weight excluding hydrogens is 312 g/mol. The molecule has 11 heteroatoms. The molecule has 0 saturated heterocycles. The highest BCUT2D eigenvalue weighted by atomic mass is 16.6. The topological polar surface area (TPSA) is 158 Å². The average Bonchev–Trinajstić information content (AvgIpc) is 2.45. The van der Waals surface area contributed by atoms with Crippen molar-refractivity contribution in [1.82, 2.24) is 16.1 Å². The van der Waals surface area contributed by atoms with Crippen LogP contribution in [-0.4, -0.2) is 56.0 Å². The molecule has 0 aliphatic heterocycles. The first-order valence-electron chi connectivity index (χ1n) is 6.66. The predicted octanol–water partition coefficient (Wildman–Crippen LogP) is -1.23. The van der Waals surface area contributed by atoms with Gasteiger partial charge < -0.3 is 24.8 Å². The highest BCUT2D eigenvalue weighted by molar-refractivity contribution is 5.82. The standard InChI is InChI=1S/C12H22N4O7/c1-12(2,3)23-10(19)15-6-9(18)22-7-8(17)14-4-5-21-11(20)16-13/h4-7,13H2,1-3H3,(H,14,17)(H,15,19)(H,16,20). The third-order valence-electron chi connectivity index (χ3n) is 1.92. The van der Waals surface area contributed by atoms with Crippen LogP contribution >= 0.6 is 0 Å². The maximum atomic E-state index is 11.3. The molecule has 0 bridgehead atoms. The Labute approximate surface area is 133 Å². The normalized spacial score (nSPS) is 10.3. The zero-order chi connectivity index (χ0) is 17.9. The average molecular weight is 334 g/mol. The van der Waals surface area contributed by atoms with E-state index < -0.39 is 42.8 Å². The number of alkyl carbamates (subject to hydrolysis) is 1. The number of hydrazine groups is 1. The fourth-order valence-corrected chi connectivity index (χ4v) is 1.08. The summed E-state index contributed by atoms with van der Waals surface area (Å²) >= 11 is 0. The van der Waals surface area contributed by atoms with Crippen molar-refractivity contribution in [2.75, 3.05) is 26.3 Å². The Balaban J connectivity index is 3.74. The second-order valence-corrected chi connectivity index (χ2v) is 5.15. The van der Waals surface area contributed by atoms with Crippen molar-refractivity contribution in [2.45, 2.75) is 26.4 Å². The Morgan fingerprint density at radius 3 is 2.22 bits per heavy atom. The van der Waals surface area contributed by atoms with E-state index in [1.54, 1.807) is 26.2 Å². The van der Waals surface area contributed by atoms with Gasteiger partial charge in [-0.1, -0.05) is 0 Å². The van der Waals surface area contributed by atoms with Crippen LogP contribution in [0.3, 0.4) is 0 Å². The lowest BCUT2D eigenvalue weighted by molar-refractivity contribution is -0.147. The molecule has 0 fully saturated rings. The van der Waals surface area contributed by atoms with Gasteiger partial charge in [0, 0.05) is 0 Å². The van der Waals surface area contributed by atoms with Crippen LogP contribution in [-0.2, 0) is 23.8 Å². The van der Waals surface area contributed by atoms with Gasteiger partial charge in [-0.25, -0.2) is 15.4 Å². The van der Waals surface area contributed by atoms with Gasteiger partial charge in [0.05, 0.1) is 6.54 Å². The fourth-order valence-electron chi connectivity index (χ4n) is 1.08. The number of hydrogen-bond acceptors (Lipinski definition) is 8. The number of hydrogen-bond donors (Lipinski definition) is 4. The van der Waals surface area contributed by atoms with Crippen LogP contribution in [0.4, 0.5) is 9.59 Å². The molecule has 0 aromatic heterocycles. The fraction of sp³-hybridized carbons (Fsp3) is 0.667. The van der Waals surface area contributed by atoms with Crippen molar-refractivity contribution in [3.63, 3.8) is 0 Å². The summed E-state index contributed by atoms with van der Waals surface area (Å²) in [7, 11) is 0. The van der Waals surface area contributed by atoms with Gasteiger partial charge in [-0.2, -0.15) is 0 Å². The summed E-state index contributed by atoms with van der Waals surface area (Å²) in [6, 6.07) is 0. The third-order valence-corrected chi connectivity index (χ3v) is 1.92. The monoisotopic (exact) mass is 334 g/mol. The maximum absolute atomic E-state index is 11.3. The highest BCUT2D eigenvalue weighted by Gasteiger charge is 2.17. The summed E-state index contributed by atoms with van der Waals surface area (Å²) in [6.07, 6.45) is -1.60. The Bertz CT molecular complexity index is 434. The molecule has 0 saturated carbocycles. The minimum atomic E-state index is -0.834. The van der Waals surface area contributed by atoms with Gasteiger partial charge in [0.1, 0.15) is 18.8 Å². The second kappa shape index (κ2) is 10.2. The van der Waals surface area contributed by atoms with Crippen molar-refractivity contribution in [2.24, 2.45) is 5.84 Å². The number of amides is 3. The summed E-state index contributed by atoms with van der Waals surface area (Å²) < 4.78 is 14.1. The van der Waals surface area contributed by atoms with Crippen LogP contribution < -0.4 is 21.9 Å². The molecule has 0 heterocycles. The van der Waals surface area contributed by atoms with Crippen molar-refractivity contribution >= 4 is 24.1 Å². The van der Waals surface area contributed by atoms with Gasteiger partial charge in [0.2, 0.25) is 0 Å². The predicted molar refractivity (Wildman–Crippen MR) is 76.9 cm³/mol. The van der Waals surface area contributed by atoms with Crippen LogP contribution in [0, 0.1) is 0 Å². The van der Waals surface area contributed by atoms with Crippen LogP contribution in [0.15, 0.2) is 0 Å². The Morgan fingerprint density at radius 2 is 1.65 bits per heavy atom. The lowest BCUT2D eigenvalue weighted by atomic mass is 10.2. The van der Waals surface area contributed by atoms with Gasteiger partial charge in [-0.05, 0) is 20.8 Å². The number of carbonyl (C=O) groups is 4. The summed E-state index contributed by atoms with van der Waals surface area (Å²) in [5.74, 6) is 3.38. The number of carbonyl (C=O) groups excluding carboxylic acids is 4. The summed E-state index contributed by atoms with van der Waals surface area (Å²) in [5, 5.41) is 4.53. The highest BCUT2D eigenvalue weighted by Crippen LogP contribution is 2.06. The Kier molecular flexibility index (Phi) is 9.08. The van der Waals surface area contributed by atoms with Crippen molar-refractivity contribution in [3.05, 3.63) is 0 Å². The number of nitrogens with one attached hydrogen (secondary N) is 3. The van der Waals surface area contributed by atoms with E-state index in [2.05, 4.69) is 20.1 Å². The van der Waals surface area contributed by atoms with Crippen LogP contribution in [0.1, 0.15) is 20.8 Å². The smallest absolute Gasteiger partial charge is 0.421 e. The first-order chi connectivity index (χ1) is 10.6. The molecule has 0 aromatic carbocycles. The van der Waals surface area contributed by atoms with Gasteiger partial charge in [-0.3, -0.25) is 15.0 Å². The number of nitrogens with two attached hydrogens (primary N) is 1. The quantitative estimate of drug-likeness (QED) is 0.112. The molecule has 0 aromatic rings. The third kappa shape index (κ3) is 12.9. The summed E-state index contributed by atoms with van der Waals surface area (Å²) in [4.78, 5) is 44.5. The summed E-state index contributed by atoms with van der Waals surface area (Å²) in [5.41, 5.74) is 1.06. The van der Waals surface area contributed by atoms with E-state index in [0.29, 0.717) is 0 Å². The van der Waals surface area contributed by atoms with E-state index >= 15 is 0 Å². The van der Waals surface area contributed by atoms with E-state index in [9.17, 15) is 19.2 Å². The maximum Gasteiger partial charge on any atom is 0.421 e. The Hall–Kier alpha value is -2.56. The molecule has 5 N–H and O–H groups in total. The first-order valence-corrected chi connectivity index (χ1v) is 6.66. The molecule has 0 spiro atoms.